The van der Waals surface area contributed by atoms with Crippen molar-refractivity contribution in [3.63, 3.8) is 0 Å². The van der Waals surface area contributed by atoms with Crippen molar-refractivity contribution in [3.05, 3.63) is 23.8 Å². The molecule has 1 aliphatic carbocycles. The van der Waals surface area contributed by atoms with Crippen LogP contribution in [0.25, 0.3) is 0 Å². The van der Waals surface area contributed by atoms with Crippen molar-refractivity contribution in [3.8, 4) is 0 Å². The maximum absolute atomic E-state index is 10.8. The summed E-state index contributed by atoms with van der Waals surface area (Å²) in [7, 11) is 0. The lowest BCUT2D eigenvalue weighted by Gasteiger charge is -2.23. The molecule has 1 rings (SSSR count). The number of aliphatic carboxylic acids is 2. The average molecular weight is 200 g/mol. The summed E-state index contributed by atoms with van der Waals surface area (Å²) in [5.74, 6) is -2.06. The van der Waals surface area contributed by atoms with E-state index in [9.17, 15) is 9.59 Å². The van der Waals surface area contributed by atoms with Crippen molar-refractivity contribution < 1.29 is 25.3 Å². The van der Waals surface area contributed by atoms with Crippen molar-refractivity contribution >= 4 is 11.9 Å². The van der Waals surface area contributed by atoms with Gasteiger partial charge in [0.2, 0.25) is 0 Å². The van der Waals surface area contributed by atoms with Gasteiger partial charge >= 0.3 is 11.9 Å². The van der Waals surface area contributed by atoms with Crippen LogP contribution in [-0.4, -0.2) is 27.6 Å². The lowest BCUT2D eigenvalue weighted by Crippen LogP contribution is -2.28. The third kappa shape index (κ3) is 2.20. The van der Waals surface area contributed by atoms with E-state index in [0.29, 0.717) is 0 Å². The Balaban J connectivity index is 0.00000169. The van der Waals surface area contributed by atoms with Crippen LogP contribution >= 0.6 is 0 Å². The van der Waals surface area contributed by atoms with Crippen LogP contribution in [0.3, 0.4) is 0 Å². The molecular formula is C9H12O5. The van der Waals surface area contributed by atoms with E-state index in [2.05, 4.69) is 0 Å². The molecule has 78 valence electrons. The SMILES string of the molecule is CC1(C(=O)O)C=CC=C(C(=O)O)C1.O. The van der Waals surface area contributed by atoms with Crippen molar-refractivity contribution in [2.45, 2.75) is 13.3 Å². The van der Waals surface area contributed by atoms with Crippen molar-refractivity contribution in [2.24, 2.45) is 5.41 Å². The van der Waals surface area contributed by atoms with E-state index in [0.717, 1.165) is 0 Å². The molecule has 0 bridgehead atoms. The molecule has 4 N–H and O–H groups in total. The fraction of sp³-hybridized carbons (Fsp3) is 0.333. The Morgan fingerprint density at radius 1 is 1.43 bits per heavy atom. The van der Waals surface area contributed by atoms with Gasteiger partial charge in [0.15, 0.2) is 0 Å². The fourth-order valence-corrected chi connectivity index (χ4v) is 1.18. The molecule has 0 amide bonds. The van der Waals surface area contributed by atoms with E-state index in [1.54, 1.807) is 0 Å². The topological polar surface area (TPSA) is 106 Å². The van der Waals surface area contributed by atoms with Gasteiger partial charge in [-0.15, -0.1) is 0 Å². The van der Waals surface area contributed by atoms with E-state index in [-0.39, 0.29) is 17.5 Å². The molecule has 5 heteroatoms. The third-order valence-corrected chi connectivity index (χ3v) is 2.08. The number of carbonyl (C=O) groups is 2. The highest BCUT2D eigenvalue weighted by atomic mass is 16.4. The molecule has 0 aromatic carbocycles. The van der Waals surface area contributed by atoms with Gasteiger partial charge in [-0.25, -0.2) is 4.79 Å². The second-order valence-corrected chi connectivity index (χ2v) is 3.26. The molecule has 0 spiro atoms. The Labute approximate surface area is 80.7 Å². The maximum atomic E-state index is 10.8. The molecule has 0 saturated carbocycles. The summed E-state index contributed by atoms with van der Waals surface area (Å²) in [6.45, 7) is 1.50. The highest BCUT2D eigenvalue weighted by molar-refractivity contribution is 5.90. The summed E-state index contributed by atoms with van der Waals surface area (Å²) in [5, 5.41) is 17.5. The van der Waals surface area contributed by atoms with Crippen LogP contribution in [0.1, 0.15) is 13.3 Å². The van der Waals surface area contributed by atoms with Crippen molar-refractivity contribution in [2.75, 3.05) is 0 Å². The Morgan fingerprint density at radius 2 is 2.00 bits per heavy atom. The summed E-state index contributed by atoms with van der Waals surface area (Å²) in [6.07, 6.45) is 4.43. The smallest absolute Gasteiger partial charge is 0.331 e. The Hall–Kier alpha value is -1.62. The Bertz CT molecular complexity index is 315. The van der Waals surface area contributed by atoms with E-state index in [1.165, 1.54) is 25.2 Å². The zero-order chi connectivity index (χ0) is 10.1. The van der Waals surface area contributed by atoms with Crippen LogP contribution in [-0.2, 0) is 9.59 Å². The van der Waals surface area contributed by atoms with Gasteiger partial charge in [0.05, 0.1) is 5.41 Å². The first kappa shape index (κ1) is 12.4. The van der Waals surface area contributed by atoms with Crippen molar-refractivity contribution in [1.82, 2.24) is 0 Å². The lowest BCUT2D eigenvalue weighted by molar-refractivity contribution is -0.145. The van der Waals surface area contributed by atoms with Gasteiger partial charge in [0, 0.05) is 5.57 Å². The van der Waals surface area contributed by atoms with E-state index in [1.807, 2.05) is 0 Å². The average Bonchev–Trinajstić information content (AvgIpc) is 2.04. The second kappa shape index (κ2) is 4.06. The maximum Gasteiger partial charge on any atom is 0.331 e. The number of allylic oxidation sites excluding steroid dienone is 2. The molecule has 0 aliphatic heterocycles. The normalized spacial score (nSPS) is 24.8. The fourth-order valence-electron chi connectivity index (χ4n) is 1.18. The Kier molecular flexibility index (Phi) is 3.59. The monoisotopic (exact) mass is 200 g/mol. The molecule has 0 aromatic rings. The van der Waals surface area contributed by atoms with Gasteiger partial charge < -0.3 is 15.7 Å². The van der Waals surface area contributed by atoms with Gasteiger partial charge in [-0.3, -0.25) is 4.79 Å². The summed E-state index contributed by atoms with van der Waals surface area (Å²) in [4.78, 5) is 21.3. The predicted octanol–water partition coefficient (Wildman–Crippen LogP) is 0.223. The van der Waals surface area contributed by atoms with Crippen LogP contribution in [0.15, 0.2) is 23.8 Å². The first-order valence-electron chi connectivity index (χ1n) is 3.81. The quantitative estimate of drug-likeness (QED) is 0.665. The largest absolute Gasteiger partial charge is 0.481 e. The predicted molar refractivity (Wildman–Crippen MR) is 48.8 cm³/mol. The van der Waals surface area contributed by atoms with Gasteiger partial charge in [-0.05, 0) is 13.3 Å². The van der Waals surface area contributed by atoms with Crippen LogP contribution < -0.4 is 0 Å². The minimum atomic E-state index is -1.08. The summed E-state index contributed by atoms with van der Waals surface area (Å²) in [5.41, 5.74) is -0.949. The number of hydrogen-bond donors (Lipinski definition) is 2. The first-order valence-corrected chi connectivity index (χ1v) is 3.81. The number of hydrogen-bond acceptors (Lipinski definition) is 2. The zero-order valence-corrected chi connectivity index (χ0v) is 7.65. The molecule has 1 unspecified atom stereocenters. The minimum absolute atomic E-state index is 0. The number of carboxylic acids is 2. The number of carboxylic acid groups (broad SMARTS) is 2. The molecule has 0 fully saturated rings. The molecular weight excluding hydrogens is 188 g/mol. The van der Waals surface area contributed by atoms with Crippen LogP contribution in [0.2, 0.25) is 0 Å². The van der Waals surface area contributed by atoms with E-state index in [4.69, 9.17) is 10.2 Å². The minimum Gasteiger partial charge on any atom is -0.481 e. The summed E-state index contributed by atoms with van der Waals surface area (Å²) >= 11 is 0. The molecule has 5 nitrogen and oxygen atoms in total. The highest BCUT2D eigenvalue weighted by Crippen LogP contribution is 2.31. The molecule has 0 radical (unpaired) electrons. The second-order valence-electron chi connectivity index (χ2n) is 3.26. The van der Waals surface area contributed by atoms with Gasteiger partial charge in [-0.2, -0.15) is 0 Å². The molecule has 0 heterocycles. The molecule has 14 heavy (non-hydrogen) atoms. The summed E-state index contributed by atoms with van der Waals surface area (Å²) < 4.78 is 0. The third-order valence-electron chi connectivity index (χ3n) is 2.08. The molecule has 0 aromatic heterocycles. The van der Waals surface area contributed by atoms with Crippen LogP contribution in [0, 0.1) is 5.41 Å². The van der Waals surface area contributed by atoms with Gasteiger partial charge in [0.1, 0.15) is 0 Å². The van der Waals surface area contributed by atoms with Crippen LogP contribution in [0.4, 0.5) is 0 Å². The Morgan fingerprint density at radius 3 is 2.43 bits per heavy atom. The molecule has 1 atom stereocenters. The zero-order valence-electron chi connectivity index (χ0n) is 7.65. The van der Waals surface area contributed by atoms with Crippen LogP contribution in [0.5, 0.6) is 0 Å². The van der Waals surface area contributed by atoms with Gasteiger partial charge in [-0.1, -0.05) is 18.2 Å². The standard InChI is InChI=1S/C9H10O4.H2O/c1-9(8(12)13)4-2-3-6(5-9)7(10)11;/h2-4H,5H2,1H3,(H,10,11)(H,12,13);1H2. The molecule has 1 aliphatic rings. The lowest BCUT2D eigenvalue weighted by atomic mass is 9.80. The van der Waals surface area contributed by atoms with E-state index >= 15 is 0 Å². The van der Waals surface area contributed by atoms with Crippen molar-refractivity contribution in [1.29, 1.82) is 0 Å². The first-order chi connectivity index (χ1) is 5.96. The number of rotatable bonds is 2. The molecule has 0 saturated heterocycles. The summed E-state index contributed by atoms with van der Waals surface area (Å²) in [6, 6.07) is 0. The highest BCUT2D eigenvalue weighted by Gasteiger charge is 2.34. The van der Waals surface area contributed by atoms with Gasteiger partial charge in [0.25, 0.3) is 0 Å². The van der Waals surface area contributed by atoms with E-state index < -0.39 is 17.4 Å².